The molecule has 10 atom stereocenters. The quantitative estimate of drug-likeness (QED) is 0.0461. The largest absolute Gasteiger partial charge is 0.395 e. The molecule has 14 N–H and O–H groups in total. The Bertz CT molecular complexity index is 1330. The van der Waals surface area contributed by atoms with Crippen molar-refractivity contribution >= 4 is 29.5 Å². The summed E-state index contributed by atoms with van der Waals surface area (Å²) in [6.45, 7) is 8.51. The fourth-order valence-corrected chi connectivity index (χ4v) is 6.04. The van der Waals surface area contributed by atoms with Gasteiger partial charge in [0.1, 0.15) is 24.5 Å². The van der Waals surface area contributed by atoms with Crippen LogP contribution in [0.25, 0.3) is 0 Å². The van der Waals surface area contributed by atoms with Gasteiger partial charge in [0, 0.05) is 6.42 Å². The maximum absolute atomic E-state index is 13.6. The topological polar surface area (TPSA) is 297 Å². The Morgan fingerprint density at radius 3 is 2.00 bits per heavy atom. The van der Waals surface area contributed by atoms with E-state index in [-0.39, 0.29) is 30.6 Å². The van der Waals surface area contributed by atoms with Gasteiger partial charge in [0.05, 0.1) is 43.2 Å². The van der Waals surface area contributed by atoms with Crippen LogP contribution in [0.5, 0.6) is 0 Å². The summed E-state index contributed by atoms with van der Waals surface area (Å²) in [5, 5.41) is 70.8. The van der Waals surface area contributed by atoms with Crippen LogP contribution in [0.4, 0.5) is 0 Å². The van der Waals surface area contributed by atoms with E-state index in [4.69, 9.17) is 5.73 Å². The predicted octanol–water partition coefficient (Wildman–Crippen LogP) is -3.24. The van der Waals surface area contributed by atoms with E-state index in [2.05, 4.69) is 37.2 Å². The highest BCUT2D eigenvalue weighted by Gasteiger charge is 2.35. The number of carbonyl (C=O) groups excluding carboxylic acids is 5. The number of rotatable bonds is 24. The summed E-state index contributed by atoms with van der Waals surface area (Å²) >= 11 is 0. The van der Waals surface area contributed by atoms with Gasteiger partial charge in [-0.1, -0.05) is 64.4 Å². The minimum Gasteiger partial charge on any atom is -0.395 e. The van der Waals surface area contributed by atoms with Crippen LogP contribution in [0.3, 0.4) is 0 Å². The zero-order valence-electron chi connectivity index (χ0n) is 31.8. The van der Waals surface area contributed by atoms with E-state index in [1.54, 1.807) is 37.3 Å². The van der Waals surface area contributed by atoms with E-state index in [1.807, 2.05) is 20.8 Å². The van der Waals surface area contributed by atoms with E-state index in [9.17, 15) is 49.5 Å². The Labute approximate surface area is 316 Å². The normalized spacial score (nSPS) is 19.4. The van der Waals surface area contributed by atoms with Crippen LogP contribution < -0.4 is 43.0 Å². The molecule has 1 heterocycles. The summed E-state index contributed by atoms with van der Waals surface area (Å²) in [4.78, 5) is 64.9. The Balaban J connectivity index is 2.17. The number of amides is 5. The predicted molar refractivity (Wildman–Crippen MR) is 198 cm³/mol. The number of nitrogens with two attached hydrogens (primary N) is 1. The monoisotopic (exact) mass is 766 g/mol. The van der Waals surface area contributed by atoms with Crippen LogP contribution >= 0.6 is 0 Å². The van der Waals surface area contributed by atoms with Gasteiger partial charge in [-0.3, -0.25) is 34.6 Å². The van der Waals surface area contributed by atoms with Gasteiger partial charge in [0.15, 0.2) is 6.29 Å². The maximum atomic E-state index is 13.6. The van der Waals surface area contributed by atoms with Gasteiger partial charge in [-0.2, -0.15) is 0 Å². The first kappa shape index (κ1) is 46.4. The number of aliphatic hydroxyl groups excluding tert-OH is 4. The SMILES string of the molecule is CCC(C)[C@@H](NC(=O)[C@H](C)NC(=O)[C@@H](CC(C)C)N[C@@H](O)[C@H](CO)N[C@H](O)[C@@H](CC(N)=O)NC(=O)[C@H](Cc1ccccc1)NC(=O)C1CCCN1)C(O)O. The van der Waals surface area contributed by atoms with Crippen molar-refractivity contribution in [1.29, 1.82) is 0 Å². The standard InChI is InChI=1S/C36H62N8O10/c1-6-20(4)29(36(53)54)44-30(47)21(5)39-32(49)24(15-19(2)3)40-35(52)27(18-45)43-34(51)26(17-28(37)46)42-33(50)25(16-22-11-8-7-9-12-22)41-31(48)23-13-10-14-38-23/h7-9,11-12,19-21,23-27,29,34-36,38,40,43,45,51-54H,6,10,13-18H2,1-5H3,(H2,37,46)(H,39,49)(H,41,48)(H,42,50)(H,44,47)/t20?,21-,23?,24+,25-,26+,27-,29+,34+,35-/m0/s1. The molecule has 1 aliphatic heterocycles. The fraction of sp³-hybridized carbons (Fsp3) is 0.694. The van der Waals surface area contributed by atoms with Gasteiger partial charge in [-0.05, 0) is 50.1 Å². The second-order valence-electron chi connectivity index (χ2n) is 14.4. The second-order valence-corrected chi connectivity index (χ2v) is 14.4. The van der Waals surface area contributed by atoms with Gasteiger partial charge >= 0.3 is 0 Å². The third-order valence-electron chi connectivity index (χ3n) is 9.42. The number of hydrogen-bond donors (Lipinski definition) is 13. The van der Waals surface area contributed by atoms with Crippen molar-refractivity contribution in [3.63, 3.8) is 0 Å². The molecule has 5 amide bonds. The number of hydrogen-bond acceptors (Lipinski definition) is 13. The number of primary amides is 1. The third-order valence-corrected chi connectivity index (χ3v) is 9.42. The lowest BCUT2D eigenvalue weighted by atomic mass is 9.98. The Kier molecular flexibility index (Phi) is 20.0. The molecule has 0 spiro atoms. The molecule has 0 radical (unpaired) electrons. The summed E-state index contributed by atoms with van der Waals surface area (Å²) in [6.07, 6.45) is -3.60. The van der Waals surface area contributed by atoms with Crippen molar-refractivity contribution < 1.29 is 49.5 Å². The molecule has 1 aromatic rings. The van der Waals surface area contributed by atoms with E-state index in [1.165, 1.54) is 6.92 Å². The molecule has 0 bridgehead atoms. The van der Waals surface area contributed by atoms with Crippen molar-refractivity contribution in [3.05, 3.63) is 35.9 Å². The molecule has 1 fully saturated rings. The smallest absolute Gasteiger partial charge is 0.243 e. The second kappa shape index (κ2) is 23.2. The molecule has 2 unspecified atom stereocenters. The summed E-state index contributed by atoms with van der Waals surface area (Å²) in [7, 11) is 0. The van der Waals surface area contributed by atoms with Crippen LogP contribution in [0.2, 0.25) is 0 Å². The van der Waals surface area contributed by atoms with Crippen LogP contribution in [-0.4, -0.2) is 129 Å². The molecule has 18 heteroatoms. The molecule has 1 aliphatic rings. The highest BCUT2D eigenvalue weighted by atomic mass is 16.5. The van der Waals surface area contributed by atoms with Gasteiger partial charge < -0.3 is 57.9 Å². The Morgan fingerprint density at radius 2 is 1.46 bits per heavy atom. The minimum atomic E-state index is -1.82. The van der Waals surface area contributed by atoms with Gasteiger partial charge in [0.25, 0.3) is 0 Å². The summed E-state index contributed by atoms with van der Waals surface area (Å²) < 4.78 is 0. The average Bonchev–Trinajstić information content (AvgIpc) is 3.67. The van der Waals surface area contributed by atoms with Crippen LogP contribution in [0, 0.1) is 11.8 Å². The number of carbonyl (C=O) groups is 5. The van der Waals surface area contributed by atoms with Crippen molar-refractivity contribution in [2.24, 2.45) is 17.6 Å². The lowest BCUT2D eigenvalue weighted by molar-refractivity contribution is -0.134. The molecule has 306 valence electrons. The van der Waals surface area contributed by atoms with Crippen molar-refractivity contribution in [2.75, 3.05) is 13.2 Å². The summed E-state index contributed by atoms with van der Waals surface area (Å²) in [5.41, 5.74) is 6.19. The number of nitrogens with one attached hydrogen (secondary N) is 7. The van der Waals surface area contributed by atoms with Crippen LogP contribution in [0.1, 0.15) is 72.3 Å². The lowest BCUT2D eigenvalue weighted by Gasteiger charge is -2.33. The molecule has 54 heavy (non-hydrogen) atoms. The van der Waals surface area contributed by atoms with E-state index in [0.717, 1.165) is 12.0 Å². The van der Waals surface area contributed by atoms with Crippen LogP contribution in [0.15, 0.2) is 30.3 Å². The first-order valence-corrected chi connectivity index (χ1v) is 18.6. The molecule has 1 aromatic carbocycles. The first-order chi connectivity index (χ1) is 25.5. The van der Waals surface area contributed by atoms with E-state index < -0.39 is 97.7 Å². The molecule has 0 aromatic heterocycles. The molecule has 0 saturated carbocycles. The first-order valence-electron chi connectivity index (χ1n) is 18.6. The van der Waals surface area contributed by atoms with E-state index in [0.29, 0.717) is 19.4 Å². The molecule has 18 nitrogen and oxygen atoms in total. The van der Waals surface area contributed by atoms with E-state index >= 15 is 0 Å². The third kappa shape index (κ3) is 15.5. The molecule has 2 rings (SSSR count). The minimum absolute atomic E-state index is 0.0843. The summed E-state index contributed by atoms with van der Waals surface area (Å²) in [5.74, 6) is -3.66. The Morgan fingerprint density at radius 1 is 0.833 bits per heavy atom. The fourth-order valence-electron chi connectivity index (χ4n) is 6.04. The molecule has 0 aliphatic carbocycles. The molecule has 1 saturated heterocycles. The van der Waals surface area contributed by atoms with Crippen molar-refractivity contribution in [1.82, 2.24) is 37.2 Å². The Hall–Kier alpha value is -3.75. The zero-order valence-corrected chi connectivity index (χ0v) is 31.8. The maximum Gasteiger partial charge on any atom is 0.243 e. The van der Waals surface area contributed by atoms with Gasteiger partial charge in [-0.15, -0.1) is 0 Å². The highest BCUT2D eigenvalue weighted by molar-refractivity contribution is 5.91. The molecular weight excluding hydrogens is 704 g/mol. The van der Waals surface area contributed by atoms with Crippen molar-refractivity contribution in [2.45, 2.75) is 134 Å². The van der Waals surface area contributed by atoms with Gasteiger partial charge in [-0.25, -0.2) is 0 Å². The van der Waals surface area contributed by atoms with Gasteiger partial charge in [0.2, 0.25) is 29.5 Å². The van der Waals surface area contributed by atoms with Crippen LogP contribution in [-0.2, 0) is 30.4 Å². The highest BCUT2D eigenvalue weighted by Crippen LogP contribution is 2.13. The average molecular weight is 767 g/mol. The van der Waals surface area contributed by atoms with Crippen molar-refractivity contribution in [3.8, 4) is 0 Å². The number of aliphatic hydroxyl groups is 5. The zero-order chi connectivity index (χ0) is 40.5. The lowest BCUT2D eigenvalue weighted by Crippen LogP contribution is -2.63. The summed E-state index contributed by atoms with van der Waals surface area (Å²) in [6, 6.07) is 1.45. The number of benzene rings is 1. The molecular formula is C36H62N8O10.